The van der Waals surface area contributed by atoms with Crippen molar-refractivity contribution in [1.29, 1.82) is 0 Å². The van der Waals surface area contributed by atoms with Gasteiger partial charge in [-0.25, -0.2) is 0 Å². The summed E-state index contributed by atoms with van der Waals surface area (Å²) in [7, 11) is 0. The average Bonchev–Trinajstić information content (AvgIpc) is 2.52. The molecule has 0 saturated carbocycles. The number of hydrogen-bond acceptors (Lipinski definition) is 3. The van der Waals surface area contributed by atoms with Crippen LogP contribution in [-0.2, 0) is 16.0 Å². The maximum Gasteiger partial charge on any atom is 0.230 e. The van der Waals surface area contributed by atoms with E-state index >= 15 is 0 Å². The van der Waals surface area contributed by atoms with E-state index in [1.165, 1.54) is 0 Å². The second-order valence-corrected chi connectivity index (χ2v) is 5.18. The second-order valence-electron chi connectivity index (χ2n) is 5.18. The molecule has 4 nitrogen and oxygen atoms in total. The van der Waals surface area contributed by atoms with Gasteiger partial charge in [0.05, 0.1) is 12.5 Å². The van der Waals surface area contributed by atoms with Crippen molar-refractivity contribution in [2.24, 2.45) is 5.92 Å². The van der Waals surface area contributed by atoms with Gasteiger partial charge in [-0.1, -0.05) is 42.5 Å². The lowest BCUT2D eigenvalue weighted by Gasteiger charge is -2.16. The summed E-state index contributed by atoms with van der Waals surface area (Å²) >= 11 is 0. The van der Waals surface area contributed by atoms with E-state index in [0.29, 0.717) is 12.7 Å². The predicted octanol–water partition coefficient (Wildman–Crippen LogP) is 1.69. The minimum atomic E-state index is -0.746. The van der Waals surface area contributed by atoms with Crippen molar-refractivity contribution in [3.05, 3.63) is 48.0 Å². The van der Waals surface area contributed by atoms with Gasteiger partial charge in [0.2, 0.25) is 5.91 Å². The maximum atomic E-state index is 12.0. The SMILES string of the molecule is CC(CO)NC(=O)C(C=O)Cc1cccc2ccccc12. The van der Waals surface area contributed by atoms with Crippen molar-refractivity contribution in [2.45, 2.75) is 19.4 Å². The van der Waals surface area contributed by atoms with Gasteiger partial charge in [0.25, 0.3) is 0 Å². The van der Waals surface area contributed by atoms with Crippen LogP contribution in [0.15, 0.2) is 42.5 Å². The quantitative estimate of drug-likeness (QED) is 0.627. The van der Waals surface area contributed by atoms with E-state index in [9.17, 15) is 9.59 Å². The summed E-state index contributed by atoms with van der Waals surface area (Å²) in [6.07, 6.45) is 1.02. The summed E-state index contributed by atoms with van der Waals surface area (Å²) in [4.78, 5) is 23.3. The molecule has 0 aliphatic carbocycles. The second kappa shape index (κ2) is 6.99. The van der Waals surface area contributed by atoms with Gasteiger partial charge in [-0.3, -0.25) is 4.79 Å². The monoisotopic (exact) mass is 285 g/mol. The van der Waals surface area contributed by atoms with Gasteiger partial charge in [-0.05, 0) is 29.7 Å². The summed E-state index contributed by atoms with van der Waals surface area (Å²) in [6, 6.07) is 13.4. The third-order valence-corrected chi connectivity index (χ3v) is 3.48. The smallest absolute Gasteiger partial charge is 0.230 e. The van der Waals surface area contributed by atoms with Crippen LogP contribution in [0.1, 0.15) is 12.5 Å². The van der Waals surface area contributed by atoms with E-state index < -0.39 is 5.92 Å². The Hall–Kier alpha value is -2.20. The molecule has 0 bridgehead atoms. The molecular weight excluding hydrogens is 266 g/mol. The molecule has 0 aromatic heterocycles. The van der Waals surface area contributed by atoms with Gasteiger partial charge in [-0.15, -0.1) is 0 Å². The largest absolute Gasteiger partial charge is 0.394 e. The normalized spacial score (nSPS) is 13.6. The molecule has 0 saturated heterocycles. The Balaban J connectivity index is 2.21. The van der Waals surface area contributed by atoms with Crippen LogP contribution < -0.4 is 5.32 Å². The van der Waals surface area contributed by atoms with Gasteiger partial charge in [0.1, 0.15) is 6.29 Å². The fourth-order valence-corrected chi connectivity index (χ4v) is 2.31. The van der Waals surface area contributed by atoms with Crippen LogP contribution in [0.25, 0.3) is 10.8 Å². The van der Waals surface area contributed by atoms with Gasteiger partial charge in [0, 0.05) is 6.04 Å². The van der Waals surface area contributed by atoms with Crippen LogP contribution >= 0.6 is 0 Å². The maximum absolute atomic E-state index is 12.0. The molecule has 0 radical (unpaired) electrons. The molecule has 1 amide bonds. The van der Waals surface area contributed by atoms with Crippen molar-refractivity contribution >= 4 is 23.0 Å². The van der Waals surface area contributed by atoms with E-state index in [1.54, 1.807) is 6.92 Å². The molecule has 0 fully saturated rings. The van der Waals surface area contributed by atoms with Crippen molar-refractivity contribution in [3.8, 4) is 0 Å². The van der Waals surface area contributed by atoms with Gasteiger partial charge < -0.3 is 15.2 Å². The first kappa shape index (κ1) is 15.2. The number of aliphatic hydroxyl groups is 1. The number of aldehydes is 1. The number of amides is 1. The number of aliphatic hydroxyl groups excluding tert-OH is 1. The van der Waals surface area contributed by atoms with Crippen molar-refractivity contribution in [3.63, 3.8) is 0 Å². The molecule has 2 unspecified atom stereocenters. The highest BCUT2D eigenvalue weighted by Crippen LogP contribution is 2.21. The van der Waals surface area contributed by atoms with E-state index in [0.717, 1.165) is 16.3 Å². The Bertz CT molecular complexity index is 633. The highest BCUT2D eigenvalue weighted by Gasteiger charge is 2.20. The standard InChI is InChI=1S/C17H19NO3/c1-12(10-19)18-17(21)15(11-20)9-14-7-4-6-13-5-2-3-8-16(13)14/h2-8,11-12,15,19H,9-10H2,1H3,(H,18,21). The summed E-state index contributed by atoms with van der Waals surface area (Å²) in [5, 5.41) is 13.7. The van der Waals surface area contributed by atoms with Crippen LogP contribution in [0.5, 0.6) is 0 Å². The Labute approximate surface area is 123 Å². The summed E-state index contributed by atoms with van der Waals surface area (Å²) in [5.74, 6) is -1.09. The zero-order valence-corrected chi connectivity index (χ0v) is 12.0. The molecule has 0 heterocycles. The lowest BCUT2D eigenvalue weighted by atomic mass is 9.95. The molecule has 21 heavy (non-hydrogen) atoms. The first-order valence-corrected chi connectivity index (χ1v) is 6.99. The zero-order chi connectivity index (χ0) is 15.2. The topological polar surface area (TPSA) is 66.4 Å². The molecule has 0 aliphatic rings. The molecule has 2 aromatic rings. The lowest BCUT2D eigenvalue weighted by Crippen LogP contribution is -2.40. The van der Waals surface area contributed by atoms with Gasteiger partial charge in [-0.2, -0.15) is 0 Å². The lowest BCUT2D eigenvalue weighted by molar-refractivity contribution is -0.129. The van der Waals surface area contributed by atoms with E-state index in [1.807, 2.05) is 42.5 Å². The molecule has 110 valence electrons. The first-order valence-electron chi connectivity index (χ1n) is 6.99. The number of rotatable bonds is 6. The highest BCUT2D eigenvalue weighted by molar-refractivity contribution is 5.93. The summed E-state index contributed by atoms with van der Waals surface area (Å²) in [5.41, 5.74) is 0.969. The van der Waals surface area contributed by atoms with Crippen molar-refractivity contribution in [1.82, 2.24) is 5.32 Å². The average molecular weight is 285 g/mol. The molecule has 2 rings (SSSR count). The van der Waals surface area contributed by atoms with Crippen LogP contribution in [0.2, 0.25) is 0 Å². The third kappa shape index (κ3) is 3.67. The van der Waals surface area contributed by atoms with Crippen LogP contribution in [0, 0.1) is 5.92 Å². The van der Waals surface area contributed by atoms with Gasteiger partial charge >= 0.3 is 0 Å². The van der Waals surface area contributed by atoms with E-state index in [4.69, 9.17) is 5.11 Å². The minimum absolute atomic E-state index is 0.147. The zero-order valence-electron chi connectivity index (χ0n) is 12.0. The fourth-order valence-electron chi connectivity index (χ4n) is 2.31. The van der Waals surface area contributed by atoms with Crippen LogP contribution in [0.4, 0.5) is 0 Å². The Kier molecular flexibility index (Phi) is 5.06. The fraction of sp³-hybridized carbons (Fsp3) is 0.294. The summed E-state index contributed by atoms with van der Waals surface area (Å²) < 4.78 is 0. The van der Waals surface area contributed by atoms with E-state index in [-0.39, 0.29) is 18.6 Å². The summed E-state index contributed by atoms with van der Waals surface area (Å²) in [6.45, 7) is 1.54. The Morgan fingerprint density at radius 1 is 1.24 bits per heavy atom. The molecule has 4 heteroatoms. The van der Waals surface area contributed by atoms with Gasteiger partial charge in [0.15, 0.2) is 0 Å². The number of fused-ring (bicyclic) bond motifs is 1. The van der Waals surface area contributed by atoms with Crippen LogP contribution in [0.3, 0.4) is 0 Å². The number of benzene rings is 2. The minimum Gasteiger partial charge on any atom is -0.394 e. The van der Waals surface area contributed by atoms with Crippen LogP contribution in [-0.4, -0.2) is 29.9 Å². The van der Waals surface area contributed by atoms with E-state index in [2.05, 4.69) is 5.32 Å². The predicted molar refractivity (Wildman–Crippen MR) is 81.9 cm³/mol. The van der Waals surface area contributed by atoms with Crippen molar-refractivity contribution < 1.29 is 14.7 Å². The number of hydrogen-bond donors (Lipinski definition) is 2. The molecule has 2 N–H and O–H groups in total. The van der Waals surface area contributed by atoms with Crippen molar-refractivity contribution in [2.75, 3.05) is 6.61 Å². The Morgan fingerprint density at radius 3 is 2.67 bits per heavy atom. The Morgan fingerprint density at radius 2 is 1.95 bits per heavy atom. The highest BCUT2D eigenvalue weighted by atomic mass is 16.3. The number of carbonyl (C=O) groups excluding carboxylic acids is 2. The number of carbonyl (C=O) groups is 2. The number of nitrogens with one attached hydrogen (secondary N) is 1. The third-order valence-electron chi connectivity index (χ3n) is 3.48. The molecular formula is C17H19NO3. The first-order chi connectivity index (χ1) is 10.2. The molecule has 0 spiro atoms. The molecule has 2 atom stereocenters. The molecule has 2 aromatic carbocycles. The molecule has 0 aliphatic heterocycles.